The number of piperidine rings is 1. The molecule has 0 N–H and O–H groups in total. The topological polar surface area (TPSA) is 60.9 Å². The highest BCUT2D eigenvalue weighted by Gasteiger charge is 2.44. The quantitative estimate of drug-likeness (QED) is 0.666. The lowest BCUT2D eigenvalue weighted by atomic mass is 9.95. The fourth-order valence-electron chi connectivity index (χ4n) is 4.05. The van der Waals surface area contributed by atoms with Gasteiger partial charge in [0.15, 0.2) is 0 Å². The van der Waals surface area contributed by atoms with Gasteiger partial charge in [-0.3, -0.25) is 19.3 Å². The van der Waals surface area contributed by atoms with Crippen molar-refractivity contribution in [2.75, 3.05) is 31.1 Å². The molecular weight excluding hydrogens is 410 g/mol. The highest BCUT2D eigenvalue weighted by molar-refractivity contribution is 9.10. The average molecular weight is 436 g/mol. The van der Waals surface area contributed by atoms with Crippen LogP contribution in [0.5, 0.6) is 0 Å². The van der Waals surface area contributed by atoms with Gasteiger partial charge in [-0.1, -0.05) is 15.9 Å². The van der Waals surface area contributed by atoms with Gasteiger partial charge < -0.3 is 4.90 Å². The Balaban J connectivity index is 1.72. The maximum Gasteiger partial charge on any atom is 0.251 e. The highest BCUT2D eigenvalue weighted by Crippen LogP contribution is 2.29. The zero-order valence-corrected chi connectivity index (χ0v) is 17.4. The van der Waals surface area contributed by atoms with Crippen LogP contribution in [0, 0.1) is 5.92 Å². The van der Waals surface area contributed by atoms with Gasteiger partial charge in [0.2, 0.25) is 11.8 Å². The summed E-state index contributed by atoms with van der Waals surface area (Å²) < 4.78 is 0.899. The number of hydrogen-bond donors (Lipinski definition) is 0. The minimum absolute atomic E-state index is 0.0942. The summed E-state index contributed by atoms with van der Waals surface area (Å²) in [6, 6.07) is 6.72. The lowest BCUT2D eigenvalue weighted by Crippen LogP contribution is -2.50. The molecular formula is C20H26BrN3O3. The molecule has 2 atom stereocenters. The van der Waals surface area contributed by atoms with E-state index in [1.807, 2.05) is 35.8 Å². The van der Waals surface area contributed by atoms with Gasteiger partial charge in [-0.2, -0.15) is 0 Å². The first kappa shape index (κ1) is 20.0. The van der Waals surface area contributed by atoms with Crippen molar-refractivity contribution in [3.63, 3.8) is 0 Å². The van der Waals surface area contributed by atoms with E-state index < -0.39 is 6.04 Å². The van der Waals surface area contributed by atoms with Crippen LogP contribution in [-0.2, 0) is 14.4 Å². The van der Waals surface area contributed by atoms with E-state index in [0.717, 1.165) is 23.9 Å². The fourth-order valence-corrected chi connectivity index (χ4v) is 4.31. The summed E-state index contributed by atoms with van der Waals surface area (Å²) >= 11 is 3.37. The first-order valence-electron chi connectivity index (χ1n) is 9.61. The third kappa shape index (κ3) is 4.09. The fraction of sp³-hybridized carbons (Fsp3) is 0.550. The molecule has 6 nitrogen and oxygen atoms in total. The van der Waals surface area contributed by atoms with Crippen molar-refractivity contribution >= 4 is 39.3 Å². The molecule has 0 spiro atoms. The van der Waals surface area contributed by atoms with Crippen molar-refractivity contribution in [2.45, 2.75) is 39.2 Å². The third-order valence-electron chi connectivity index (χ3n) is 5.53. The number of anilines is 1. The Morgan fingerprint density at radius 3 is 2.48 bits per heavy atom. The van der Waals surface area contributed by atoms with Crippen LogP contribution >= 0.6 is 15.9 Å². The van der Waals surface area contributed by atoms with E-state index in [4.69, 9.17) is 0 Å². The number of carbonyl (C=O) groups is 3. The van der Waals surface area contributed by atoms with Crippen LogP contribution in [0.1, 0.15) is 33.1 Å². The summed E-state index contributed by atoms with van der Waals surface area (Å²) in [5.41, 5.74) is 0.600. The van der Waals surface area contributed by atoms with E-state index in [2.05, 4.69) is 15.9 Å². The van der Waals surface area contributed by atoms with Crippen molar-refractivity contribution in [3.8, 4) is 0 Å². The molecule has 3 amide bonds. The number of halogens is 1. The van der Waals surface area contributed by atoms with Crippen LogP contribution < -0.4 is 4.90 Å². The number of rotatable bonds is 5. The Morgan fingerprint density at radius 2 is 1.85 bits per heavy atom. The van der Waals surface area contributed by atoms with E-state index >= 15 is 0 Å². The molecule has 0 unspecified atom stereocenters. The lowest BCUT2D eigenvalue weighted by molar-refractivity contribution is -0.138. The van der Waals surface area contributed by atoms with Crippen LogP contribution in [0.2, 0.25) is 0 Å². The SMILES string of the molecule is CCN(CC)C(=O)[C@@H]1CCCN([C@@H]2CC(=O)N(c3ccc(Br)cc3)C2=O)C1. The van der Waals surface area contributed by atoms with Crippen molar-refractivity contribution in [1.82, 2.24) is 9.80 Å². The molecule has 7 heteroatoms. The second-order valence-electron chi connectivity index (χ2n) is 7.11. The minimum Gasteiger partial charge on any atom is -0.343 e. The summed E-state index contributed by atoms with van der Waals surface area (Å²) in [5, 5.41) is 0. The predicted molar refractivity (Wildman–Crippen MR) is 107 cm³/mol. The Bertz CT molecular complexity index is 718. The molecule has 0 aliphatic carbocycles. The van der Waals surface area contributed by atoms with Gasteiger partial charge in [-0.15, -0.1) is 0 Å². The van der Waals surface area contributed by atoms with Crippen LogP contribution in [0.4, 0.5) is 5.69 Å². The molecule has 2 aliphatic rings. The molecule has 0 bridgehead atoms. The van der Waals surface area contributed by atoms with Crippen LogP contribution in [0.15, 0.2) is 28.7 Å². The largest absolute Gasteiger partial charge is 0.343 e. The van der Waals surface area contributed by atoms with Crippen LogP contribution in [0.3, 0.4) is 0 Å². The second-order valence-corrected chi connectivity index (χ2v) is 8.02. The van der Waals surface area contributed by atoms with Gasteiger partial charge in [-0.05, 0) is 57.5 Å². The summed E-state index contributed by atoms with van der Waals surface area (Å²) in [4.78, 5) is 43.4. The maximum atomic E-state index is 13.0. The van der Waals surface area contributed by atoms with E-state index in [-0.39, 0.29) is 30.1 Å². The Kier molecular flexibility index (Phi) is 6.32. The highest BCUT2D eigenvalue weighted by atomic mass is 79.9. The molecule has 2 heterocycles. The van der Waals surface area contributed by atoms with Crippen LogP contribution in [0.25, 0.3) is 0 Å². The molecule has 0 aromatic heterocycles. The number of amides is 3. The van der Waals surface area contributed by atoms with E-state index in [1.165, 1.54) is 4.90 Å². The molecule has 3 rings (SSSR count). The van der Waals surface area contributed by atoms with Crippen molar-refractivity contribution in [3.05, 3.63) is 28.7 Å². The molecule has 1 aromatic rings. The molecule has 2 fully saturated rings. The standard InChI is InChI=1S/C20H26BrN3O3/c1-3-22(4-2)19(26)14-6-5-11-23(13-14)17-12-18(25)24(20(17)27)16-9-7-15(21)8-10-16/h7-10,14,17H,3-6,11-13H2,1-2H3/t14-,17-/m1/s1. The predicted octanol–water partition coefficient (Wildman–Crippen LogP) is 2.66. The number of imide groups is 1. The van der Waals surface area contributed by atoms with Crippen LogP contribution in [-0.4, -0.2) is 59.7 Å². The van der Waals surface area contributed by atoms with Crippen molar-refractivity contribution < 1.29 is 14.4 Å². The van der Waals surface area contributed by atoms with Gasteiger partial charge >= 0.3 is 0 Å². The van der Waals surface area contributed by atoms with Gasteiger partial charge in [0.25, 0.3) is 5.91 Å². The molecule has 27 heavy (non-hydrogen) atoms. The summed E-state index contributed by atoms with van der Waals surface area (Å²) in [7, 11) is 0. The number of hydrogen-bond acceptors (Lipinski definition) is 4. The molecule has 146 valence electrons. The lowest BCUT2D eigenvalue weighted by Gasteiger charge is -2.36. The zero-order valence-electron chi connectivity index (χ0n) is 15.9. The Hall–Kier alpha value is -1.73. The molecule has 2 aliphatic heterocycles. The molecule has 0 saturated carbocycles. The summed E-state index contributed by atoms with van der Waals surface area (Å²) in [6.45, 7) is 6.66. The van der Waals surface area contributed by atoms with Gasteiger partial charge in [0, 0.05) is 24.1 Å². The van der Waals surface area contributed by atoms with Crippen molar-refractivity contribution in [1.29, 1.82) is 0 Å². The smallest absolute Gasteiger partial charge is 0.251 e. The first-order valence-corrected chi connectivity index (χ1v) is 10.4. The summed E-state index contributed by atoms with van der Waals surface area (Å²) in [6.07, 6.45) is 1.89. The first-order chi connectivity index (χ1) is 13.0. The molecule has 2 saturated heterocycles. The Morgan fingerprint density at radius 1 is 1.19 bits per heavy atom. The number of carbonyl (C=O) groups excluding carboxylic acids is 3. The summed E-state index contributed by atoms with van der Waals surface area (Å²) in [5.74, 6) is -0.294. The van der Waals surface area contributed by atoms with E-state index in [1.54, 1.807) is 12.1 Å². The molecule has 1 aromatic carbocycles. The third-order valence-corrected chi connectivity index (χ3v) is 6.05. The Labute approximate surface area is 168 Å². The number of benzene rings is 1. The number of likely N-dealkylation sites (tertiary alicyclic amines) is 1. The minimum atomic E-state index is -0.464. The van der Waals surface area contributed by atoms with Gasteiger partial charge in [-0.25, -0.2) is 4.90 Å². The number of nitrogens with zero attached hydrogens (tertiary/aromatic N) is 3. The normalized spacial score (nSPS) is 23.7. The second kappa shape index (κ2) is 8.52. The van der Waals surface area contributed by atoms with Gasteiger partial charge in [0.1, 0.15) is 0 Å². The van der Waals surface area contributed by atoms with Gasteiger partial charge in [0.05, 0.1) is 24.1 Å². The molecule has 0 radical (unpaired) electrons. The monoisotopic (exact) mass is 435 g/mol. The van der Waals surface area contributed by atoms with Crippen molar-refractivity contribution in [2.24, 2.45) is 5.92 Å². The average Bonchev–Trinajstić information content (AvgIpc) is 2.98. The van der Waals surface area contributed by atoms with E-state index in [9.17, 15) is 14.4 Å². The zero-order chi connectivity index (χ0) is 19.6. The van der Waals surface area contributed by atoms with E-state index in [0.29, 0.717) is 25.3 Å². The maximum absolute atomic E-state index is 13.0.